The lowest BCUT2D eigenvalue weighted by Crippen LogP contribution is -2.56. The van der Waals surface area contributed by atoms with Crippen molar-refractivity contribution in [1.82, 2.24) is 9.88 Å². The molecule has 3 heterocycles. The van der Waals surface area contributed by atoms with Gasteiger partial charge in [0.1, 0.15) is 11.9 Å². The second kappa shape index (κ2) is 9.62. The highest BCUT2D eigenvalue weighted by Crippen LogP contribution is 2.38. The van der Waals surface area contributed by atoms with Gasteiger partial charge in [0.25, 0.3) is 0 Å². The van der Waals surface area contributed by atoms with Crippen molar-refractivity contribution in [2.24, 2.45) is 5.92 Å². The molecule has 0 aliphatic carbocycles. The maximum absolute atomic E-state index is 13.0. The molecule has 2 aromatic rings. The number of thioether (sulfide) groups is 1. The van der Waals surface area contributed by atoms with Crippen LogP contribution in [0.4, 0.5) is 5.82 Å². The smallest absolute Gasteiger partial charge is 0.223 e. The van der Waals surface area contributed by atoms with E-state index in [4.69, 9.17) is 5.26 Å². The van der Waals surface area contributed by atoms with Gasteiger partial charge in [-0.15, -0.1) is 0 Å². The molecule has 2 bridgehead atoms. The molecular weight excluding hydrogens is 472 g/mol. The molecule has 5 nitrogen and oxygen atoms in total. The van der Waals surface area contributed by atoms with E-state index < -0.39 is 0 Å². The molecule has 0 spiro atoms. The number of carbonyl (C=O) groups is 1. The van der Waals surface area contributed by atoms with Crippen LogP contribution >= 0.6 is 27.7 Å². The Hall–Kier alpha value is -2.04. The lowest BCUT2D eigenvalue weighted by atomic mass is 10.0. The number of pyridine rings is 1. The highest BCUT2D eigenvalue weighted by molar-refractivity contribution is 9.10. The Kier molecular flexibility index (Phi) is 6.88. The summed E-state index contributed by atoms with van der Waals surface area (Å²) < 4.78 is 1.12. The van der Waals surface area contributed by atoms with Crippen molar-refractivity contribution in [3.8, 4) is 6.07 Å². The maximum Gasteiger partial charge on any atom is 0.223 e. The average Bonchev–Trinajstić information content (AvgIpc) is 2.97. The third kappa shape index (κ3) is 4.75. The summed E-state index contributed by atoms with van der Waals surface area (Å²) in [5, 5.41) is 9.37. The van der Waals surface area contributed by atoms with Crippen LogP contribution in [-0.2, 0) is 4.79 Å². The number of nitriles is 1. The second-order valence-corrected chi connectivity index (χ2v) is 10.7. The lowest BCUT2D eigenvalue weighted by Gasteiger charge is -2.42. The maximum atomic E-state index is 13.0. The first-order valence-electron chi connectivity index (χ1n) is 10.8. The molecule has 2 saturated heterocycles. The van der Waals surface area contributed by atoms with Gasteiger partial charge in [0.2, 0.25) is 5.91 Å². The number of rotatable bonds is 6. The van der Waals surface area contributed by atoms with Gasteiger partial charge in [-0.25, -0.2) is 4.98 Å². The number of likely N-dealkylation sites (tertiary alicyclic amines) is 1. The number of aromatic nitrogens is 1. The van der Waals surface area contributed by atoms with Gasteiger partial charge in [0.05, 0.1) is 11.6 Å². The summed E-state index contributed by atoms with van der Waals surface area (Å²) in [6.45, 7) is 5.97. The quantitative estimate of drug-likeness (QED) is 0.558. The van der Waals surface area contributed by atoms with E-state index in [-0.39, 0.29) is 11.9 Å². The third-order valence-electron chi connectivity index (χ3n) is 6.41. The van der Waals surface area contributed by atoms with E-state index in [2.05, 4.69) is 68.8 Å². The number of piperazine rings is 1. The Labute approximate surface area is 197 Å². The molecule has 1 aromatic heterocycles. The fourth-order valence-electron chi connectivity index (χ4n) is 4.77. The number of hydrogen-bond donors (Lipinski definition) is 0. The van der Waals surface area contributed by atoms with Gasteiger partial charge in [-0.05, 0) is 43.0 Å². The first-order chi connectivity index (χ1) is 15.0. The van der Waals surface area contributed by atoms with Crippen molar-refractivity contribution in [2.45, 2.75) is 44.0 Å². The van der Waals surface area contributed by atoms with Crippen LogP contribution < -0.4 is 4.90 Å². The first kappa shape index (κ1) is 22.2. The molecule has 2 aliphatic heterocycles. The zero-order valence-corrected chi connectivity index (χ0v) is 20.3. The predicted octanol–water partition coefficient (Wildman–Crippen LogP) is 5.03. The Balaban J connectivity index is 1.34. The van der Waals surface area contributed by atoms with Crippen molar-refractivity contribution >= 4 is 39.4 Å². The summed E-state index contributed by atoms with van der Waals surface area (Å²) in [5.74, 6) is 2.51. The Morgan fingerprint density at radius 1 is 1.32 bits per heavy atom. The standard InChI is InChI=1S/C24H27BrN4OS/c1-16-11-19-14-28(15-22(16)29(19)23-8-7-18(12-26)13-27-23)24(30)9-10-31-17(2)20-5-3-4-6-21(20)25/h3-8,13,16-17,19,22H,9-11,14-15H2,1-2H3/t16-,17?,19?,22?/m0/s1. The Morgan fingerprint density at radius 3 is 2.81 bits per heavy atom. The van der Waals surface area contributed by atoms with Crippen molar-refractivity contribution in [1.29, 1.82) is 5.26 Å². The number of nitrogens with zero attached hydrogens (tertiary/aromatic N) is 4. The number of halogens is 1. The molecule has 1 amide bonds. The number of carbonyl (C=O) groups excluding carboxylic acids is 1. The average molecular weight is 499 g/mol. The van der Waals surface area contributed by atoms with E-state index in [1.807, 2.05) is 30.0 Å². The van der Waals surface area contributed by atoms with E-state index in [1.165, 1.54) is 5.56 Å². The van der Waals surface area contributed by atoms with Crippen molar-refractivity contribution < 1.29 is 4.79 Å². The van der Waals surface area contributed by atoms with Crippen LogP contribution in [0.25, 0.3) is 0 Å². The SMILES string of the molecule is CC(SCCC(=O)N1CC2C[C@H](C)C(C1)N2c1ccc(C#N)cn1)c1ccccc1Br. The molecule has 1 aromatic carbocycles. The summed E-state index contributed by atoms with van der Waals surface area (Å²) in [6.07, 6.45) is 3.28. The van der Waals surface area contributed by atoms with Gasteiger partial charge in [-0.2, -0.15) is 17.0 Å². The molecule has 2 fully saturated rings. The largest absolute Gasteiger partial charge is 0.347 e. The van der Waals surface area contributed by atoms with Gasteiger partial charge < -0.3 is 9.80 Å². The summed E-state index contributed by atoms with van der Waals surface area (Å²) in [5.41, 5.74) is 1.85. The van der Waals surface area contributed by atoms with Crippen LogP contribution in [0.2, 0.25) is 0 Å². The molecular formula is C24H27BrN4OS. The summed E-state index contributed by atoms with van der Waals surface area (Å²) in [7, 11) is 0. The molecule has 0 radical (unpaired) electrons. The summed E-state index contributed by atoms with van der Waals surface area (Å²) >= 11 is 5.46. The van der Waals surface area contributed by atoms with Crippen molar-refractivity contribution in [2.75, 3.05) is 23.7 Å². The van der Waals surface area contributed by atoms with Crippen molar-refractivity contribution in [3.63, 3.8) is 0 Å². The summed E-state index contributed by atoms with van der Waals surface area (Å²) in [6, 6.07) is 14.8. The van der Waals surface area contributed by atoms with Crippen LogP contribution in [0, 0.1) is 17.2 Å². The number of fused-ring (bicyclic) bond motifs is 2. The summed E-state index contributed by atoms with van der Waals surface area (Å²) in [4.78, 5) is 21.9. The number of anilines is 1. The number of hydrogen-bond acceptors (Lipinski definition) is 5. The van der Waals surface area contributed by atoms with Gasteiger partial charge in [-0.3, -0.25) is 4.79 Å². The Morgan fingerprint density at radius 2 is 2.13 bits per heavy atom. The van der Waals surface area contributed by atoms with E-state index in [9.17, 15) is 4.79 Å². The van der Waals surface area contributed by atoms with Gasteiger partial charge in [0.15, 0.2) is 0 Å². The lowest BCUT2D eigenvalue weighted by molar-refractivity contribution is -0.131. The fraction of sp³-hybridized carbons (Fsp3) is 0.458. The van der Waals surface area contributed by atoms with Crippen LogP contribution in [-0.4, -0.2) is 46.7 Å². The second-order valence-electron chi connectivity index (χ2n) is 8.44. The molecule has 31 heavy (non-hydrogen) atoms. The molecule has 4 atom stereocenters. The topological polar surface area (TPSA) is 60.2 Å². The minimum Gasteiger partial charge on any atom is -0.347 e. The van der Waals surface area contributed by atoms with Gasteiger partial charge in [-0.1, -0.05) is 41.1 Å². The molecule has 162 valence electrons. The fourth-order valence-corrected chi connectivity index (χ4v) is 6.58. The van der Waals surface area contributed by atoms with Crippen LogP contribution in [0.3, 0.4) is 0 Å². The highest BCUT2D eigenvalue weighted by atomic mass is 79.9. The minimum absolute atomic E-state index is 0.253. The normalized spacial score (nSPS) is 23.5. The van der Waals surface area contributed by atoms with E-state index >= 15 is 0 Å². The minimum atomic E-state index is 0.253. The third-order valence-corrected chi connectivity index (χ3v) is 8.33. The number of benzene rings is 1. The van der Waals surface area contributed by atoms with Crippen LogP contribution in [0.15, 0.2) is 47.1 Å². The molecule has 0 saturated carbocycles. The Bertz CT molecular complexity index is 976. The molecule has 4 rings (SSSR count). The van der Waals surface area contributed by atoms with Crippen molar-refractivity contribution in [3.05, 3.63) is 58.2 Å². The van der Waals surface area contributed by atoms with Crippen LogP contribution in [0.1, 0.15) is 43.1 Å². The van der Waals surface area contributed by atoms with E-state index in [0.29, 0.717) is 29.2 Å². The molecule has 2 aliphatic rings. The van der Waals surface area contributed by atoms with Gasteiger partial charge >= 0.3 is 0 Å². The monoisotopic (exact) mass is 498 g/mol. The zero-order valence-electron chi connectivity index (χ0n) is 17.9. The predicted molar refractivity (Wildman–Crippen MR) is 129 cm³/mol. The van der Waals surface area contributed by atoms with Gasteiger partial charge in [0, 0.05) is 47.2 Å². The van der Waals surface area contributed by atoms with E-state index in [1.54, 1.807) is 6.20 Å². The zero-order chi connectivity index (χ0) is 22.0. The van der Waals surface area contributed by atoms with Crippen LogP contribution in [0.5, 0.6) is 0 Å². The van der Waals surface area contributed by atoms with E-state index in [0.717, 1.165) is 35.6 Å². The number of amides is 1. The molecule has 3 unspecified atom stereocenters. The first-order valence-corrected chi connectivity index (χ1v) is 12.6. The molecule has 0 N–H and O–H groups in total. The molecule has 7 heteroatoms. The highest BCUT2D eigenvalue weighted by Gasteiger charge is 2.45.